The van der Waals surface area contributed by atoms with Gasteiger partial charge in [0.25, 0.3) is 5.91 Å². The summed E-state index contributed by atoms with van der Waals surface area (Å²) in [6.07, 6.45) is 6.40. The third kappa shape index (κ3) is 4.84. The fourth-order valence-electron chi connectivity index (χ4n) is 2.56. The Bertz CT molecular complexity index is 1140. The number of pyridine rings is 1. The number of furan rings is 1. The number of hydrazone groups is 1. The standard InChI is InChI=1S/C20H15BrN6O2S/c21-15-5-7-16(8-6-15)27-19(14-3-1-9-22-11-14)25-26-20(27)30-13-18(28)24-23-12-17-4-2-10-29-17/h1-12H,13H2,(H,24,28). The van der Waals surface area contributed by atoms with Crippen molar-refractivity contribution in [3.05, 3.63) is 77.4 Å². The van der Waals surface area contributed by atoms with Gasteiger partial charge in [-0.1, -0.05) is 27.7 Å². The highest BCUT2D eigenvalue weighted by Gasteiger charge is 2.17. The number of carbonyl (C=O) groups is 1. The van der Waals surface area contributed by atoms with E-state index in [2.05, 4.69) is 41.6 Å². The van der Waals surface area contributed by atoms with Crippen LogP contribution in [-0.4, -0.2) is 37.6 Å². The number of thioether (sulfide) groups is 1. The first-order valence-corrected chi connectivity index (χ1v) is 10.6. The molecule has 0 radical (unpaired) electrons. The highest BCUT2D eigenvalue weighted by molar-refractivity contribution is 9.10. The number of carbonyl (C=O) groups excluding carboxylic acids is 1. The Morgan fingerprint density at radius 1 is 1.20 bits per heavy atom. The summed E-state index contributed by atoms with van der Waals surface area (Å²) in [5.41, 5.74) is 4.17. The van der Waals surface area contributed by atoms with Crippen LogP contribution in [-0.2, 0) is 4.79 Å². The predicted molar refractivity (Wildman–Crippen MR) is 117 cm³/mol. The van der Waals surface area contributed by atoms with Gasteiger partial charge in [0.2, 0.25) is 0 Å². The van der Waals surface area contributed by atoms with E-state index in [-0.39, 0.29) is 11.7 Å². The molecule has 0 saturated heterocycles. The molecule has 4 aromatic rings. The van der Waals surface area contributed by atoms with Crippen LogP contribution in [0.25, 0.3) is 17.1 Å². The van der Waals surface area contributed by atoms with Crippen molar-refractivity contribution in [2.75, 3.05) is 5.75 Å². The summed E-state index contributed by atoms with van der Waals surface area (Å²) in [7, 11) is 0. The van der Waals surface area contributed by atoms with Crippen molar-refractivity contribution in [1.82, 2.24) is 25.2 Å². The van der Waals surface area contributed by atoms with E-state index in [1.807, 2.05) is 41.0 Å². The van der Waals surface area contributed by atoms with Crippen LogP contribution in [0.2, 0.25) is 0 Å². The highest BCUT2D eigenvalue weighted by atomic mass is 79.9. The average Bonchev–Trinajstić information content (AvgIpc) is 3.43. The van der Waals surface area contributed by atoms with E-state index >= 15 is 0 Å². The lowest BCUT2D eigenvalue weighted by molar-refractivity contribution is -0.118. The zero-order chi connectivity index (χ0) is 20.8. The van der Waals surface area contributed by atoms with Crippen molar-refractivity contribution >= 4 is 39.8 Å². The molecule has 0 aliphatic carbocycles. The number of halogens is 1. The van der Waals surface area contributed by atoms with E-state index < -0.39 is 0 Å². The van der Waals surface area contributed by atoms with Crippen LogP contribution in [0.5, 0.6) is 0 Å². The predicted octanol–water partition coefficient (Wildman–Crippen LogP) is 3.93. The third-order valence-corrected chi connectivity index (χ3v) is 5.35. The summed E-state index contributed by atoms with van der Waals surface area (Å²) in [4.78, 5) is 16.3. The molecule has 8 nitrogen and oxygen atoms in total. The van der Waals surface area contributed by atoms with E-state index in [0.29, 0.717) is 16.7 Å². The summed E-state index contributed by atoms with van der Waals surface area (Å²) in [6, 6.07) is 15.0. The van der Waals surface area contributed by atoms with Crippen molar-refractivity contribution in [2.45, 2.75) is 5.16 Å². The van der Waals surface area contributed by atoms with Gasteiger partial charge in [-0.15, -0.1) is 10.2 Å². The van der Waals surface area contributed by atoms with Gasteiger partial charge in [0.1, 0.15) is 5.76 Å². The smallest absolute Gasteiger partial charge is 0.250 e. The zero-order valence-corrected chi connectivity index (χ0v) is 17.9. The maximum atomic E-state index is 12.2. The van der Waals surface area contributed by atoms with Crippen LogP contribution in [0.1, 0.15) is 5.76 Å². The minimum absolute atomic E-state index is 0.122. The monoisotopic (exact) mass is 482 g/mol. The third-order valence-electron chi connectivity index (χ3n) is 3.89. The van der Waals surface area contributed by atoms with Crippen molar-refractivity contribution in [2.24, 2.45) is 5.10 Å². The minimum Gasteiger partial charge on any atom is -0.463 e. The Morgan fingerprint density at radius 2 is 2.07 bits per heavy atom. The lowest BCUT2D eigenvalue weighted by Crippen LogP contribution is -2.19. The van der Waals surface area contributed by atoms with Gasteiger partial charge >= 0.3 is 0 Å². The number of nitrogens with zero attached hydrogens (tertiary/aromatic N) is 5. The van der Waals surface area contributed by atoms with Crippen molar-refractivity contribution in [3.8, 4) is 17.1 Å². The van der Waals surface area contributed by atoms with Crippen molar-refractivity contribution < 1.29 is 9.21 Å². The molecule has 0 unspecified atom stereocenters. The van der Waals surface area contributed by atoms with E-state index in [0.717, 1.165) is 15.7 Å². The van der Waals surface area contributed by atoms with Gasteiger partial charge in [-0.25, -0.2) is 5.43 Å². The maximum absolute atomic E-state index is 12.2. The first-order chi connectivity index (χ1) is 14.7. The summed E-state index contributed by atoms with van der Waals surface area (Å²) in [5, 5.41) is 13.1. The van der Waals surface area contributed by atoms with Gasteiger partial charge in [-0.2, -0.15) is 5.10 Å². The molecule has 0 aliphatic heterocycles. The molecule has 1 N–H and O–H groups in total. The number of hydrogen-bond donors (Lipinski definition) is 1. The largest absolute Gasteiger partial charge is 0.463 e. The van der Waals surface area contributed by atoms with Gasteiger partial charge in [0.05, 0.1) is 18.2 Å². The fraction of sp³-hybridized carbons (Fsp3) is 0.0500. The van der Waals surface area contributed by atoms with Crippen LogP contribution in [0, 0.1) is 0 Å². The Kier molecular flexibility index (Phi) is 6.35. The molecular weight excluding hydrogens is 468 g/mol. The van der Waals surface area contributed by atoms with Gasteiger partial charge in [-0.3, -0.25) is 14.3 Å². The molecule has 30 heavy (non-hydrogen) atoms. The first kappa shape index (κ1) is 20.0. The Hall–Kier alpha value is -3.24. The van der Waals surface area contributed by atoms with Crippen LogP contribution in [0.4, 0.5) is 0 Å². The highest BCUT2D eigenvalue weighted by Crippen LogP contribution is 2.28. The SMILES string of the molecule is O=C(CSc1nnc(-c2cccnc2)n1-c1ccc(Br)cc1)NN=Cc1ccco1. The average molecular weight is 483 g/mol. The molecule has 0 aliphatic rings. The normalized spacial score (nSPS) is 11.1. The van der Waals surface area contributed by atoms with Crippen LogP contribution < -0.4 is 5.43 Å². The Morgan fingerprint density at radius 3 is 2.80 bits per heavy atom. The molecule has 0 bridgehead atoms. The molecule has 1 aromatic carbocycles. The summed E-state index contributed by atoms with van der Waals surface area (Å²) < 4.78 is 7.99. The van der Waals surface area contributed by atoms with Gasteiger partial charge in [-0.05, 0) is 48.5 Å². The topological polar surface area (TPSA) is 98.2 Å². The molecule has 0 fully saturated rings. The van der Waals surface area contributed by atoms with Gasteiger partial charge in [0.15, 0.2) is 11.0 Å². The lowest BCUT2D eigenvalue weighted by Gasteiger charge is -2.10. The number of rotatable bonds is 7. The molecular formula is C20H15BrN6O2S. The molecule has 1 amide bonds. The summed E-state index contributed by atoms with van der Waals surface area (Å²) in [6.45, 7) is 0. The quantitative estimate of drug-likeness (QED) is 0.243. The molecule has 0 spiro atoms. The van der Waals surface area contributed by atoms with E-state index in [9.17, 15) is 4.79 Å². The Labute approximate surface area is 184 Å². The van der Waals surface area contributed by atoms with E-state index in [1.165, 1.54) is 24.2 Å². The second kappa shape index (κ2) is 9.51. The minimum atomic E-state index is -0.268. The number of aromatic nitrogens is 4. The van der Waals surface area contributed by atoms with Crippen molar-refractivity contribution in [1.29, 1.82) is 0 Å². The van der Waals surface area contributed by atoms with E-state index in [1.54, 1.807) is 24.5 Å². The maximum Gasteiger partial charge on any atom is 0.250 e. The first-order valence-electron chi connectivity index (χ1n) is 8.80. The molecule has 3 heterocycles. The number of amides is 1. The summed E-state index contributed by atoms with van der Waals surface area (Å²) in [5.74, 6) is 1.05. The second-order valence-corrected chi connectivity index (χ2v) is 7.82. The number of nitrogens with one attached hydrogen (secondary N) is 1. The second-order valence-electron chi connectivity index (χ2n) is 5.96. The van der Waals surface area contributed by atoms with Crippen LogP contribution in [0.15, 0.2) is 86.3 Å². The molecule has 0 atom stereocenters. The van der Waals surface area contributed by atoms with Crippen LogP contribution >= 0.6 is 27.7 Å². The fourth-order valence-corrected chi connectivity index (χ4v) is 3.57. The van der Waals surface area contributed by atoms with Gasteiger partial charge in [0, 0.05) is 28.1 Å². The molecule has 3 aromatic heterocycles. The number of hydrogen-bond acceptors (Lipinski definition) is 7. The zero-order valence-electron chi connectivity index (χ0n) is 15.5. The molecule has 10 heteroatoms. The van der Waals surface area contributed by atoms with Crippen molar-refractivity contribution in [3.63, 3.8) is 0 Å². The summed E-state index contributed by atoms with van der Waals surface area (Å²) >= 11 is 4.72. The van der Waals surface area contributed by atoms with Crippen LogP contribution in [0.3, 0.4) is 0 Å². The molecule has 150 valence electrons. The number of benzene rings is 1. The Balaban J connectivity index is 1.53. The molecule has 4 rings (SSSR count). The van der Waals surface area contributed by atoms with E-state index in [4.69, 9.17) is 4.42 Å². The molecule has 0 saturated carbocycles. The lowest BCUT2D eigenvalue weighted by atomic mass is 10.2. The van der Waals surface area contributed by atoms with Gasteiger partial charge < -0.3 is 4.42 Å².